The molecule has 4 aromatic rings. The summed E-state index contributed by atoms with van der Waals surface area (Å²) in [5.41, 5.74) is 2.92. The lowest BCUT2D eigenvalue weighted by Crippen LogP contribution is -2.28. The number of hydrogen-bond acceptors (Lipinski definition) is 5. The van der Waals surface area contributed by atoms with Gasteiger partial charge in [-0.1, -0.05) is 6.07 Å². The van der Waals surface area contributed by atoms with E-state index in [4.69, 9.17) is 0 Å². The number of nitrogens with zero attached hydrogens (tertiary/aromatic N) is 4. The molecule has 0 saturated carbocycles. The van der Waals surface area contributed by atoms with Crippen molar-refractivity contribution in [1.82, 2.24) is 24.7 Å². The highest BCUT2D eigenvalue weighted by molar-refractivity contribution is 5.78. The normalized spacial score (nSPS) is 11.9. The first-order valence-corrected chi connectivity index (χ1v) is 9.64. The zero-order valence-corrected chi connectivity index (χ0v) is 16.4. The third-order valence-corrected chi connectivity index (χ3v) is 4.70. The van der Waals surface area contributed by atoms with Crippen molar-refractivity contribution in [2.45, 2.75) is 19.4 Å². The predicted molar refractivity (Wildman–Crippen MR) is 112 cm³/mol. The molecule has 0 fully saturated rings. The summed E-state index contributed by atoms with van der Waals surface area (Å²) in [6.45, 7) is 2.31. The van der Waals surface area contributed by atoms with Gasteiger partial charge in [0.25, 0.3) is 0 Å². The van der Waals surface area contributed by atoms with E-state index in [2.05, 4.69) is 25.6 Å². The molecule has 0 radical (unpaired) electrons. The Morgan fingerprint density at radius 1 is 1.17 bits per heavy atom. The highest BCUT2D eigenvalue weighted by atomic mass is 19.1. The molecule has 1 aromatic carbocycles. The molecule has 1 amide bonds. The first kappa shape index (κ1) is 19.5. The number of anilines is 1. The molecule has 4 rings (SSSR count). The van der Waals surface area contributed by atoms with Gasteiger partial charge in [-0.3, -0.25) is 19.2 Å². The number of benzene rings is 1. The van der Waals surface area contributed by atoms with E-state index in [-0.39, 0.29) is 24.2 Å². The number of halogens is 1. The topological polar surface area (TPSA) is 84.2 Å². The maximum Gasteiger partial charge on any atom is 0.222 e. The minimum atomic E-state index is -0.308. The monoisotopic (exact) mass is 404 g/mol. The van der Waals surface area contributed by atoms with Gasteiger partial charge in [0, 0.05) is 37.1 Å². The van der Waals surface area contributed by atoms with E-state index in [9.17, 15) is 9.18 Å². The summed E-state index contributed by atoms with van der Waals surface area (Å²) < 4.78 is 15.2. The van der Waals surface area contributed by atoms with Crippen LogP contribution in [0.1, 0.15) is 25.1 Å². The van der Waals surface area contributed by atoms with Crippen LogP contribution < -0.4 is 10.6 Å². The van der Waals surface area contributed by atoms with E-state index in [1.165, 1.54) is 12.1 Å². The Labute approximate surface area is 173 Å². The van der Waals surface area contributed by atoms with Gasteiger partial charge < -0.3 is 10.6 Å². The van der Waals surface area contributed by atoms with Gasteiger partial charge in [0.1, 0.15) is 17.3 Å². The zero-order valence-electron chi connectivity index (χ0n) is 16.4. The van der Waals surface area contributed by atoms with Crippen molar-refractivity contribution in [2.24, 2.45) is 0 Å². The minimum Gasteiger partial charge on any atom is -0.369 e. The van der Waals surface area contributed by atoms with Gasteiger partial charge in [-0.25, -0.2) is 9.37 Å². The highest BCUT2D eigenvalue weighted by Gasteiger charge is 2.15. The highest BCUT2D eigenvalue weighted by Crippen LogP contribution is 2.28. The maximum absolute atomic E-state index is 13.3. The predicted octanol–water partition coefficient (Wildman–Crippen LogP) is 3.61. The fraction of sp³-hybridized carbons (Fsp3) is 0.182. The Balaban J connectivity index is 1.46. The summed E-state index contributed by atoms with van der Waals surface area (Å²) in [4.78, 5) is 25.3. The molecule has 30 heavy (non-hydrogen) atoms. The second-order valence-electron chi connectivity index (χ2n) is 6.84. The van der Waals surface area contributed by atoms with Crippen molar-refractivity contribution in [3.05, 3.63) is 78.8 Å². The van der Waals surface area contributed by atoms with Crippen LogP contribution in [-0.2, 0) is 4.79 Å². The minimum absolute atomic E-state index is 0.0838. The number of carbonyl (C=O) groups excluding carboxylic acids is 1. The second-order valence-corrected chi connectivity index (χ2v) is 6.84. The number of rotatable bonds is 7. The van der Waals surface area contributed by atoms with Crippen LogP contribution in [0.2, 0.25) is 0 Å². The van der Waals surface area contributed by atoms with Crippen molar-refractivity contribution < 1.29 is 9.18 Å². The Kier molecular flexibility index (Phi) is 5.65. The van der Waals surface area contributed by atoms with E-state index >= 15 is 0 Å². The van der Waals surface area contributed by atoms with Crippen molar-refractivity contribution in [1.29, 1.82) is 0 Å². The summed E-state index contributed by atoms with van der Waals surface area (Å²) in [6.07, 6.45) is 7.09. The summed E-state index contributed by atoms with van der Waals surface area (Å²) in [7, 11) is 0. The van der Waals surface area contributed by atoms with Crippen LogP contribution in [0.5, 0.6) is 0 Å². The largest absolute Gasteiger partial charge is 0.369 e. The number of amides is 1. The lowest BCUT2D eigenvalue weighted by molar-refractivity contribution is -0.121. The molecule has 152 valence electrons. The first-order chi connectivity index (χ1) is 14.6. The van der Waals surface area contributed by atoms with E-state index in [1.54, 1.807) is 36.9 Å². The third-order valence-electron chi connectivity index (χ3n) is 4.70. The molecule has 0 saturated heterocycles. The van der Waals surface area contributed by atoms with Gasteiger partial charge in [-0.05, 0) is 43.3 Å². The van der Waals surface area contributed by atoms with Crippen LogP contribution in [0, 0.1) is 5.82 Å². The Bertz CT molecular complexity index is 1140. The van der Waals surface area contributed by atoms with Crippen LogP contribution >= 0.6 is 0 Å². The Morgan fingerprint density at radius 2 is 2.00 bits per heavy atom. The summed E-state index contributed by atoms with van der Waals surface area (Å²) >= 11 is 0. The quantitative estimate of drug-likeness (QED) is 0.492. The third kappa shape index (κ3) is 4.27. The molecule has 0 spiro atoms. The number of pyridine rings is 1. The van der Waals surface area contributed by atoms with Gasteiger partial charge in [0.15, 0.2) is 5.65 Å². The van der Waals surface area contributed by atoms with Crippen LogP contribution in [0.3, 0.4) is 0 Å². The van der Waals surface area contributed by atoms with E-state index in [0.717, 1.165) is 17.1 Å². The van der Waals surface area contributed by atoms with Gasteiger partial charge in [0.05, 0.1) is 17.9 Å². The number of carbonyl (C=O) groups is 1. The van der Waals surface area contributed by atoms with Crippen molar-refractivity contribution in [3.63, 3.8) is 0 Å². The zero-order chi connectivity index (χ0) is 20.9. The smallest absolute Gasteiger partial charge is 0.222 e. The number of nitrogens with one attached hydrogen (secondary N) is 2. The lowest BCUT2D eigenvalue weighted by Gasteiger charge is -2.14. The average Bonchev–Trinajstić information content (AvgIpc) is 3.13. The fourth-order valence-corrected chi connectivity index (χ4v) is 3.20. The van der Waals surface area contributed by atoms with Gasteiger partial charge in [-0.2, -0.15) is 0 Å². The summed E-state index contributed by atoms with van der Waals surface area (Å²) in [5, 5.41) is 6.25. The van der Waals surface area contributed by atoms with Crippen LogP contribution in [0.25, 0.3) is 16.9 Å². The summed E-state index contributed by atoms with van der Waals surface area (Å²) in [5.74, 6) is 0.335. The molecule has 2 N–H and O–H groups in total. The summed E-state index contributed by atoms with van der Waals surface area (Å²) in [6, 6.07) is 11.6. The van der Waals surface area contributed by atoms with Gasteiger partial charge >= 0.3 is 0 Å². The van der Waals surface area contributed by atoms with Crippen LogP contribution in [0.15, 0.2) is 67.3 Å². The molecule has 0 aliphatic rings. The van der Waals surface area contributed by atoms with Crippen LogP contribution in [0.4, 0.5) is 10.2 Å². The molecular weight excluding hydrogens is 383 g/mol. The van der Waals surface area contributed by atoms with Crippen molar-refractivity contribution in [2.75, 3.05) is 11.9 Å². The first-order valence-electron chi connectivity index (χ1n) is 9.64. The fourth-order valence-electron chi connectivity index (χ4n) is 3.20. The molecule has 1 atom stereocenters. The second kappa shape index (κ2) is 8.69. The molecule has 0 aliphatic heterocycles. The molecule has 7 nitrogen and oxygen atoms in total. The molecule has 0 bridgehead atoms. The molecule has 3 heterocycles. The molecule has 0 aliphatic carbocycles. The number of fused-ring (bicyclic) bond motifs is 1. The molecule has 8 heteroatoms. The van der Waals surface area contributed by atoms with E-state index in [0.29, 0.717) is 17.9 Å². The number of aromatic nitrogens is 4. The van der Waals surface area contributed by atoms with Gasteiger partial charge in [-0.15, -0.1) is 0 Å². The van der Waals surface area contributed by atoms with E-state index < -0.39 is 0 Å². The number of imidazole rings is 1. The van der Waals surface area contributed by atoms with Crippen molar-refractivity contribution >= 4 is 17.4 Å². The van der Waals surface area contributed by atoms with Gasteiger partial charge in [0.2, 0.25) is 5.91 Å². The van der Waals surface area contributed by atoms with Crippen LogP contribution in [-0.4, -0.2) is 31.8 Å². The standard InChI is InChI=1S/C22H21FN6O/c1-15(18-4-2-3-10-25-18)27-20(30)9-11-26-22-21(16-5-7-17(23)8-6-16)28-19-14-24-12-13-29(19)22/h2-8,10,12-15,26H,9,11H2,1H3,(H,27,30). The Hall–Kier alpha value is -3.81. The molecular formula is C22H21FN6O. The van der Waals surface area contributed by atoms with E-state index in [1.807, 2.05) is 29.5 Å². The average molecular weight is 404 g/mol. The maximum atomic E-state index is 13.3. The molecule has 3 aromatic heterocycles. The SMILES string of the molecule is CC(NC(=O)CCNc1c(-c2ccc(F)cc2)nc2cnccn12)c1ccccn1. The Morgan fingerprint density at radius 3 is 2.77 bits per heavy atom. The number of hydrogen-bond donors (Lipinski definition) is 2. The lowest BCUT2D eigenvalue weighted by atomic mass is 10.1. The molecule has 1 unspecified atom stereocenters. The van der Waals surface area contributed by atoms with Crippen molar-refractivity contribution in [3.8, 4) is 11.3 Å².